The van der Waals surface area contributed by atoms with Crippen LogP contribution in [0.5, 0.6) is 0 Å². The van der Waals surface area contributed by atoms with E-state index in [1.165, 1.54) is 6.07 Å². The Morgan fingerprint density at radius 2 is 2.38 bits per heavy atom. The topological polar surface area (TPSA) is 71.2 Å². The monoisotopic (exact) mass is 222 g/mol. The first-order chi connectivity index (χ1) is 7.72. The van der Waals surface area contributed by atoms with E-state index in [1.54, 1.807) is 6.92 Å². The number of hydrogen-bond donors (Lipinski definition) is 2. The van der Waals surface area contributed by atoms with Gasteiger partial charge in [-0.05, 0) is 19.8 Å². The van der Waals surface area contributed by atoms with Crippen LogP contribution in [0.4, 0.5) is 5.82 Å². The highest BCUT2D eigenvalue weighted by atomic mass is 16.5. The minimum Gasteiger partial charge on any atom is -0.462 e. The number of ether oxygens (including phenoxy) is 1. The Kier molecular flexibility index (Phi) is 2.94. The number of rotatable bonds is 2. The summed E-state index contributed by atoms with van der Waals surface area (Å²) < 4.78 is 4.93. The lowest BCUT2D eigenvalue weighted by Gasteiger charge is -2.19. The van der Waals surface area contributed by atoms with Crippen molar-refractivity contribution in [3.63, 3.8) is 0 Å². The van der Waals surface area contributed by atoms with E-state index in [0.29, 0.717) is 18.0 Å². The Hall–Kier alpha value is -1.78. The van der Waals surface area contributed by atoms with Crippen molar-refractivity contribution < 1.29 is 9.53 Å². The highest BCUT2D eigenvalue weighted by molar-refractivity contribution is 5.92. The molecule has 0 atom stereocenters. The minimum absolute atomic E-state index is 0.281. The van der Waals surface area contributed by atoms with Gasteiger partial charge in [0.25, 0.3) is 0 Å². The van der Waals surface area contributed by atoms with Crippen molar-refractivity contribution >= 4 is 11.8 Å². The SMILES string of the molecule is CCOC(=O)c1cc(=O)[nH]c2c1CCCN2. The van der Waals surface area contributed by atoms with Crippen LogP contribution < -0.4 is 10.9 Å². The van der Waals surface area contributed by atoms with Gasteiger partial charge in [-0.25, -0.2) is 4.79 Å². The van der Waals surface area contributed by atoms with E-state index in [2.05, 4.69) is 10.3 Å². The van der Waals surface area contributed by atoms with Crippen molar-refractivity contribution in [1.82, 2.24) is 4.98 Å². The zero-order valence-corrected chi connectivity index (χ0v) is 9.13. The van der Waals surface area contributed by atoms with Crippen LogP contribution >= 0.6 is 0 Å². The molecule has 1 aromatic rings. The number of carbonyl (C=O) groups is 1. The van der Waals surface area contributed by atoms with Crippen LogP contribution in [0.15, 0.2) is 10.9 Å². The fraction of sp³-hybridized carbons (Fsp3) is 0.455. The molecule has 1 aromatic heterocycles. The number of hydrogen-bond acceptors (Lipinski definition) is 4. The zero-order valence-electron chi connectivity index (χ0n) is 9.13. The van der Waals surface area contributed by atoms with Gasteiger partial charge in [-0.1, -0.05) is 0 Å². The van der Waals surface area contributed by atoms with Crippen molar-refractivity contribution in [2.24, 2.45) is 0 Å². The number of esters is 1. The molecule has 1 aliphatic rings. The second kappa shape index (κ2) is 4.38. The lowest BCUT2D eigenvalue weighted by molar-refractivity contribution is 0.0524. The zero-order chi connectivity index (χ0) is 11.5. The first-order valence-electron chi connectivity index (χ1n) is 5.39. The number of pyridine rings is 1. The molecule has 2 N–H and O–H groups in total. The Bertz CT molecular complexity index is 465. The van der Waals surface area contributed by atoms with Crippen LogP contribution in [0.2, 0.25) is 0 Å². The van der Waals surface area contributed by atoms with Gasteiger partial charge in [-0.2, -0.15) is 0 Å². The lowest BCUT2D eigenvalue weighted by Crippen LogP contribution is -2.23. The smallest absolute Gasteiger partial charge is 0.338 e. The summed E-state index contributed by atoms with van der Waals surface area (Å²) in [6.07, 6.45) is 1.73. The molecule has 0 fully saturated rings. The van der Waals surface area contributed by atoms with Gasteiger partial charge < -0.3 is 15.0 Å². The Morgan fingerprint density at radius 1 is 1.56 bits per heavy atom. The summed E-state index contributed by atoms with van der Waals surface area (Å²) in [5.74, 6) is 0.232. The maximum Gasteiger partial charge on any atom is 0.338 e. The number of aromatic nitrogens is 1. The van der Waals surface area contributed by atoms with Crippen LogP contribution in [0.25, 0.3) is 0 Å². The van der Waals surface area contributed by atoms with Crippen LogP contribution in [0.3, 0.4) is 0 Å². The quantitative estimate of drug-likeness (QED) is 0.729. The summed E-state index contributed by atoms with van der Waals surface area (Å²) in [4.78, 5) is 25.7. The van der Waals surface area contributed by atoms with Crippen LogP contribution in [0.1, 0.15) is 29.3 Å². The summed E-state index contributed by atoms with van der Waals surface area (Å²) in [7, 11) is 0. The summed E-state index contributed by atoms with van der Waals surface area (Å²) in [5.41, 5.74) is 0.952. The van der Waals surface area contributed by atoms with Crippen molar-refractivity contribution in [3.05, 3.63) is 27.5 Å². The molecule has 5 nitrogen and oxygen atoms in total. The molecule has 86 valence electrons. The number of fused-ring (bicyclic) bond motifs is 1. The molecular weight excluding hydrogens is 208 g/mol. The number of anilines is 1. The third-order valence-electron chi connectivity index (χ3n) is 2.55. The molecule has 0 aromatic carbocycles. The van der Waals surface area contributed by atoms with Gasteiger partial charge in [0.15, 0.2) is 0 Å². The number of aromatic amines is 1. The molecule has 16 heavy (non-hydrogen) atoms. The van der Waals surface area contributed by atoms with E-state index in [4.69, 9.17) is 4.74 Å². The molecule has 2 rings (SSSR count). The fourth-order valence-corrected chi connectivity index (χ4v) is 1.87. The van der Waals surface area contributed by atoms with Gasteiger partial charge >= 0.3 is 5.97 Å². The first kappa shape index (κ1) is 10.7. The molecule has 2 heterocycles. The molecule has 0 bridgehead atoms. The standard InChI is InChI=1S/C11H14N2O3/c1-2-16-11(15)8-6-9(14)13-10-7(8)4-3-5-12-10/h6H,2-5H2,1H3,(H2,12,13,14). The molecule has 1 aliphatic heterocycles. The van der Waals surface area contributed by atoms with Crippen LogP contribution in [-0.2, 0) is 11.2 Å². The second-order valence-electron chi connectivity index (χ2n) is 3.65. The predicted octanol–water partition coefficient (Wildman–Crippen LogP) is 0.910. The third kappa shape index (κ3) is 1.93. The van der Waals surface area contributed by atoms with E-state index >= 15 is 0 Å². The molecule has 0 radical (unpaired) electrons. The molecule has 0 amide bonds. The molecule has 0 aliphatic carbocycles. The van der Waals surface area contributed by atoms with E-state index in [0.717, 1.165) is 24.9 Å². The maximum atomic E-state index is 11.7. The molecule has 0 unspecified atom stereocenters. The van der Waals surface area contributed by atoms with E-state index in [-0.39, 0.29) is 5.56 Å². The average Bonchev–Trinajstić information content (AvgIpc) is 2.28. The summed E-state index contributed by atoms with van der Waals surface area (Å²) in [6, 6.07) is 1.31. The average molecular weight is 222 g/mol. The van der Waals surface area contributed by atoms with Gasteiger partial charge in [0.2, 0.25) is 5.56 Å². The van der Waals surface area contributed by atoms with Crippen molar-refractivity contribution in [3.8, 4) is 0 Å². The molecule has 5 heteroatoms. The van der Waals surface area contributed by atoms with Gasteiger partial charge in [-0.15, -0.1) is 0 Å². The minimum atomic E-state index is -0.423. The third-order valence-corrected chi connectivity index (χ3v) is 2.55. The number of nitrogens with one attached hydrogen (secondary N) is 2. The molecule has 0 saturated heterocycles. The van der Waals surface area contributed by atoms with Crippen LogP contribution in [-0.4, -0.2) is 24.1 Å². The first-order valence-corrected chi connectivity index (χ1v) is 5.39. The molecular formula is C11H14N2O3. The van der Waals surface area contributed by atoms with Gasteiger partial charge in [0, 0.05) is 18.2 Å². The summed E-state index contributed by atoms with van der Waals surface area (Å²) >= 11 is 0. The second-order valence-corrected chi connectivity index (χ2v) is 3.65. The highest BCUT2D eigenvalue weighted by Gasteiger charge is 2.19. The van der Waals surface area contributed by atoms with Gasteiger partial charge in [-0.3, -0.25) is 4.79 Å². The normalized spacial score (nSPS) is 13.8. The Morgan fingerprint density at radius 3 is 3.12 bits per heavy atom. The van der Waals surface area contributed by atoms with Crippen molar-refractivity contribution in [2.75, 3.05) is 18.5 Å². The van der Waals surface area contributed by atoms with Crippen molar-refractivity contribution in [1.29, 1.82) is 0 Å². The summed E-state index contributed by atoms with van der Waals surface area (Å²) in [5, 5.41) is 3.08. The number of carbonyl (C=O) groups excluding carboxylic acids is 1. The maximum absolute atomic E-state index is 11.7. The molecule has 0 spiro atoms. The van der Waals surface area contributed by atoms with E-state index in [1.807, 2.05) is 0 Å². The van der Waals surface area contributed by atoms with Gasteiger partial charge in [0.1, 0.15) is 5.82 Å². The lowest BCUT2D eigenvalue weighted by atomic mass is 10.0. The Balaban J connectivity index is 2.47. The predicted molar refractivity (Wildman–Crippen MR) is 59.8 cm³/mol. The van der Waals surface area contributed by atoms with Crippen molar-refractivity contribution in [2.45, 2.75) is 19.8 Å². The fourth-order valence-electron chi connectivity index (χ4n) is 1.87. The van der Waals surface area contributed by atoms with E-state index in [9.17, 15) is 9.59 Å². The Labute approximate surface area is 92.8 Å². The van der Waals surface area contributed by atoms with Gasteiger partial charge in [0.05, 0.1) is 12.2 Å². The van der Waals surface area contributed by atoms with Crippen LogP contribution in [0, 0.1) is 0 Å². The molecule has 0 saturated carbocycles. The number of H-pyrrole nitrogens is 1. The highest BCUT2D eigenvalue weighted by Crippen LogP contribution is 2.22. The largest absolute Gasteiger partial charge is 0.462 e. The van der Waals surface area contributed by atoms with E-state index < -0.39 is 5.97 Å². The summed E-state index contributed by atoms with van der Waals surface area (Å²) in [6.45, 7) is 2.87.